The maximum atomic E-state index is 12.2. The fourth-order valence-corrected chi connectivity index (χ4v) is 3.41. The van der Waals surface area contributed by atoms with Crippen molar-refractivity contribution < 1.29 is 9.59 Å². The Kier molecular flexibility index (Phi) is 6.74. The number of thioether (sulfide) groups is 1. The van der Waals surface area contributed by atoms with Crippen LogP contribution in [0.5, 0.6) is 0 Å². The SMILES string of the molecule is Cl.O=C(CC1CSCCN1)Nc1ccccc1C(=O)NC1CC1. The molecule has 0 radical (unpaired) electrons. The molecule has 1 aromatic rings. The number of amides is 2. The van der Waals surface area contributed by atoms with Gasteiger partial charge in [0.1, 0.15) is 0 Å². The molecule has 1 heterocycles. The van der Waals surface area contributed by atoms with Crippen molar-refractivity contribution in [2.24, 2.45) is 0 Å². The van der Waals surface area contributed by atoms with E-state index in [9.17, 15) is 9.59 Å². The van der Waals surface area contributed by atoms with Crippen LogP contribution in [0.15, 0.2) is 24.3 Å². The number of nitrogens with one attached hydrogen (secondary N) is 3. The number of carbonyl (C=O) groups is 2. The van der Waals surface area contributed by atoms with E-state index >= 15 is 0 Å². The van der Waals surface area contributed by atoms with E-state index in [0.717, 1.165) is 30.9 Å². The molecule has 1 aliphatic heterocycles. The zero-order valence-electron chi connectivity index (χ0n) is 12.8. The molecule has 126 valence electrons. The molecule has 1 saturated carbocycles. The van der Waals surface area contributed by atoms with Crippen LogP contribution in [0.1, 0.15) is 29.6 Å². The molecule has 1 atom stereocenters. The number of benzene rings is 1. The van der Waals surface area contributed by atoms with Gasteiger partial charge in [-0.05, 0) is 25.0 Å². The molecule has 23 heavy (non-hydrogen) atoms. The third-order valence-corrected chi connectivity index (χ3v) is 4.92. The maximum absolute atomic E-state index is 12.2. The average molecular weight is 356 g/mol. The summed E-state index contributed by atoms with van der Waals surface area (Å²) in [7, 11) is 0. The van der Waals surface area contributed by atoms with E-state index in [2.05, 4.69) is 16.0 Å². The second-order valence-electron chi connectivity index (χ2n) is 5.77. The van der Waals surface area contributed by atoms with Gasteiger partial charge in [0.25, 0.3) is 5.91 Å². The molecule has 7 heteroatoms. The van der Waals surface area contributed by atoms with Crippen LogP contribution in [0.4, 0.5) is 5.69 Å². The largest absolute Gasteiger partial charge is 0.349 e. The summed E-state index contributed by atoms with van der Waals surface area (Å²) < 4.78 is 0. The summed E-state index contributed by atoms with van der Waals surface area (Å²) in [5.74, 6) is 1.90. The second kappa shape index (κ2) is 8.57. The lowest BCUT2D eigenvalue weighted by Gasteiger charge is -2.22. The number of carbonyl (C=O) groups excluding carboxylic acids is 2. The lowest BCUT2D eigenvalue weighted by molar-refractivity contribution is -0.116. The summed E-state index contributed by atoms with van der Waals surface area (Å²) in [5, 5.41) is 9.19. The molecule has 0 spiro atoms. The van der Waals surface area contributed by atoms with Crippen LogP contribution in [0, 0.1) is 0 Å². The van der Waals surface area contributed by atoms with Gasteiger partial charge in [-0.2, -0.15) is 11.8 Å². The van der Waals surface area contributed by atoms with Crippen LogP contribution in [-0.4, -0.2) is 41.9 Å². The minimum atomic E-state index is -0.107. The van der Waals surface area contributed by atoms with Crippen LogP contribution >= 0.6 is 24.2 Å². The molecule has 2 amide bonds. The first-order chi connectivity index (χ1) is 10.7. The van der Waals surface area contributed by atoms with Gasteiger partial charge in [0.15, 0.2) is 0 Å². The molecule has 2 fully saturated rings. The van der Waals surface area contributed by atoms with Crippen molar-refractivity contribution in [2.45, 2.75) is 31.3 Å². The number of rotatable bonds is 5. The van der Waals surface area contributed by atoms with E-state index in [1.807, 2.05) is 23.9 Å². The van der Waals surface area contributed by atoms with Crippen LogP contribution in [0.25, 0.3) is 0 Å². The van der Waals surface area contributed by atoms with Crippen molar-refractivity contribution in [3.63, 3.8) is 0 Å². The van der Waals surface area contributed by atoms with Gasteiger partial charge in [0, 0.05) is 36.6 Å². The van der Waals surface area contributed by atoms with Gasteiger partial charge < -0.3 is 16.0 Å². The summed E-state index contributed by atoms with van der Waals surface area (Å²) in [5.41, 5.74) is 1.13. The van der Waals surface area contributed by atoms with Gasteiger partial charge in [0.05, 0.1) is 11.3 Å². The van der Waals surface area contributed by atoms with E-state index in [1.165, 1.54) is 0 Å². The second-order valence-corrected chi connectivity index (χ2v) is 6.92. The molecule has 3 N–H and O–H groups in total. The van der Waals surface area contributed by atoms with Crippen LogP contribution in [0.3, 0.4) is 0 Å². The van der Waals surface area contributed by atoms with Gasteiger partial charge in [0.2, 0.25) is 5.91 Å². The number of para-hydroxylation sites is 1. The number of hydrogen-bond donors (Lipinski definition) is 3. The Bertz CT molecular complexity index is 560. The van der Waals surface area contributed by atoms with Crippen LogP contribution in [0.2, 0.25) is 0 Å². The summed E-state index contributed by atoms with van der Waals surface area (Å²) >= 11 is 1.87. The van der Waals surface area contributed by atoms with Gasteiger partial charge in [-0.25, -0.2) is 0 Å². The number of halogens is 1. The molecule has 2 aliphatic rings. The monoisotopic (exact) mass is 355 g/mol. The predicted octanol–water partition coefficient (Wildman–Crippen LogP) is 2.03. The van der Waals surface area contributed by atoms with E-state index in [4.69, 9.17) is 0 Å². The highest BCUT2D eigenvalue weighted by molar-refractivity contribution is 7.99. The first kappa shape index (κ1) is 18.1. The molecular formula is C16H22ClN3O2S. The van der Waals surface area contributed by atoms with Crippen molar-refractivity contribution in [3.8, 4) is 0 Å². The molecule has 5 nitrogen and oxygen atoms in total. The Morgan fingerprint density at radius 3 is 2.74 bits per heavy atom. The Hall–Kier alpha value is -1.24. The van der Waals surface area contributed by atoms with Gasteiger partial charge in [-0.1, -0.05) is 12.1 Å². The quantitative estimate of drug-likeness (QED) is 0.756. The molecule has 0 bridgehead atoms. The van der Waals surface area contributed by atoms with Crippen molar-refractivity contribution in [3.05, 3.63) is 29.8 Å². The summed E-state index contributed by atoms with van der Waals surface area (Å²) in [6.45, 7) is 0.947. The molecule has 0 aromatic heterocycles. The Morgan fingerprint density at radius 2 is 2.04 bits per heavy atom. The van der Waals surface area contributed by atoms with Crippen molar-refractivity contribution in [1.82, 2.24) is 10.6 Å². The first-order valence-electron chi connectivity index (χ1n) is 7.73. The van der Waals surface area contributed by atoms with Crippen molar-refractivity contribution in [2.75, 3.05) is 23.4 Å². The minimum Gasteiger partial charge on any atom is -0.349 e. The summed E-state index contributed by atoms with van der Waals surface area (Å²) in [6.07, 6.45) is 2.53. The predicted molar refractivity (Wildman–Crippen MR) is 96.5 cm³/mol. The third kappa shape index (κ3) is 5.41. The lowest BCUT2D eigenvalue weighted by atomic mass is 10.1. The lowest BCUT2D eigenvalue weighted by Crippen LogP contribution is -2.40. The van der Waals surface area contributed by atoms with Gasteiger partial charge in [-0.15, -0.1) is 12.4 Å². The van der Waals surface area contributed by atoms with Crippen molar-refractivity contribution in [1.29, 1.82) is 0 Å². The Labute approximate surface area is 146 Å². The Balaban J connectivity index is 0.00000192. The van der Waals surface area contributed by atoms with E-state index < -0.39 is 0 Å². The van der Waals surface area contributed by atoms with Gasteiger partial charge in [-0.3, -0.25) is 9.59 Å². The number of hydrogen-bond acceptors (Lipinski definition) is 4. The highest BCUT2D eigenvalue weighted by Crippen LogP contribution is 2.22. The molecule has 1 aromatic carbocycles. The maximum Gasteiger partial charge on any atom is 0.253 e. The molecule has 1 saturated heterocycles. The molecule has 1 aliphatic carbocycles. The third-order valence-electron chi connectivity index (χ3n) is 3.79. The van der Waals surface area contributed by atoms with Gasteiger partial charge >= 0.3 is 0 Å². The first-order valence-corrected chi connectivity index (χ1v) is 8.89. The summed E-state index contributed by atoms with van der Waals surface area (Å²) in [6, 6.07) is 7.70. The average Bonchev–Trinajstić information content (AvgIpc) is 3.32. The molecule has 1 unspecified atom stereocenters. The highest BCUT2D eigenvalue weighted by atomic mass is 35.5. The standard InChI is InChI=1S/C16H21N3O2S.ClH/c20-15(9-12-10-22-8-7-17-12)19-14-4-2-1-3-13(14)16(21)18-11-5-6-11;/h1-4,11-12,17H,5-10H2,(H,18,21)(H,19,20);1H. The smallest absolute Gasteiger partial charge is 0.253 e. The van der Waals surface area contributed by atoms with E-state index in [-0.39, 0.29) is 30.3 Å². The topological polar surface area (TPSA) is 70.2 Å². The zero-order valence-corrected chi connectivity index (χ0v) is 14.5. The fraction of sp³-hybridized carbons (Fsp3) is 0.500. The minimum absolute atomic E-state index is 0. The summed E-state index contributed by atoms with van der Waals surface area (Å²) in [4.78, 5) is 24.4. The van der Waals surface area contributed by atoms with Crippen LogP contribution < -0.4 is 16.0 Å². The zero-order chi connectivity index (χ0) is 15.4. The molecular weight excluding hydrogens is 334 g/mol. The van der Waals surface area contributed by atoms with Crippen molar-refractivity contribution >= 4 is 41.7 Å². The van der Waals surface area contributed by atoms with E-state index in [0.29, 0.717) is 23.7 Å². The molecule has 3 rings (SSSR count). The van der Waals surface area contributed by atoms with Crippen LogP contribution in [-0.2, 0) is 4.79 Å². The fourth-order valence-electron chi connectivity index (χ4n) is 2.46. The van der Waals surface area contributed by atoms with E-state index in [1.54, 1.807) is 12.1 Å². The normalized spacial score (nSPS) is 20.3. The Morgan fingerprint density at radius 1 is 1.26 bits per heavy atom. The number of anilines is 1. The highest BCUT2D eigenvalue weighted by Gasteiger charge is 2.25.